The van der Waals surface area contributed by atoms with Crippen molar-refractivity contribution in [2.24, 2.45) is 7.05 Å². The number of nitrogens with one attached hydrogen (secondary N) is 2. The predicted molar refractivity (Wildman–Crippen MR) is 118 cm³/mol. The third-order valence-corrected chi connectivity index (χ3v) is 5.14. The van der Waals surface area contributed by atoms with E-state index >= 15 is 0 Å². The van der Waals surface area contributed by atoms with E-state index in [1.165, 1.54) is 0 Å². The average Bonchev–Trinajstić information content (AvgIpc) is 3.00. The van der Waals surface area contributed by atoms with Gasteiger partial charge in [0.1, 0.15) is 11.0 Å². The number of rotatable bonds is 4. The van der Waals surface area contributed by atoms with Crippen molar-refractivity contribution in [3.05, 3.63) is 75.4 Å². The molecule has 0 aliphatic carbocycles. The number of imidazole rings is 1. The Morgan fingerprint density at radius 3 is 2.41 bits per heavy atom. The number of nitrogens with zero attached hydrogens (tertiary/aromatic N) is 3. The van der Waals surface area contributed by atoms with Gasteiger partial charge in [-0.05, 0) is 42.5 Å². The van der Waals surface area contributed by atoms with Crippen LogP contribution in [0.5, 0.6) is 0 Å². The largest absolute Gasteiger partial charge is 0.323 e. The molecule has 1 amide bonds. The Bertz CT molecular complexity index is 1220. The molecule has 0 atom stereocenters. The van der Waals surface area contributed by atoms with Crippen LogP contribution in [0.4, 0.5) is 17.5 Å². The highest BCUT2D eigenvalue weighted by molar-refractivity contribution is 6.39. The summed E-state index contributed by atoms with van der Waals surface area (Å²) >= 11 is 18.3. The lowest BCUT2D eigenvalue weighted by Crippen LogP contribution is -2.12. The van der Waals surface area contributed by atoms with E-state index in [9.17, 15) is 4.79 Å². The van der Waals surface area contributed by atoms with Gasteiger partial charge in [-0.15, -0.1) is 0 Å². The van der Waals surface area contributed by atoms with E-state index < -0.39 is 0 Å². The Kier molecular flexibility index (Phi) is 5.32. The number of benzene rings is 2. The van der Waals surface area contributed by atoms with Crippen LogP contribution < -0.4 is 10.6 Å². The van der Waals surface area contributed by atoms with Crippen molar-refractivity contribution in [1.29, 1.82) is 0 Å². The van der Waals surface area contributed by atoms with E-state index in [0.29, 0.717) is 43.7 Å². The smallest absolute Gasteiger partial charge is 0.256 e. The zero-order chi connectivity index (χ0) is 20.5. The van der Waals surface area contributed by atoms with Crippen molar-refractivity contribution < 1.29 is 4.79 Å². The lowest BCUT2D eigenvalue weighted by atomic mass is 10.2. The highest BCUT2D eigenvalue weighted by Crippen LogP contribution is 2.33. The molecular formula is C20H14Cl3N5O. The molecule has 0 aliphatic rings. The predicted octanol–water partition coefficient (Wildman–Crippen LogP) is 5.92. The van der Waals surface area contributed by atoms with Gasteiger partial charge in [0.15, 0.2) is 0 Å². The number of carbonyl (C=O) groups excluding carboxylic acids is 1. The molecule has 146 valence electrons. The molecule has 0 spiro atoms. The van der Waals surface area contributed by atoms with Crippen molar-refractivity contribution in [2.75, 3.05) is 10.6 Å². The summed E-state index contributed by atoms with van der Waals surface area (Å²) in [7, 11) is 1.86. The fourth-order valence-electron chi connectivity index (χ4n) is 2.85. The second kappa shape index (κ2) is 7.91. The van der Waals surface area contributed by atoms with Crippen molar-refractivity contribution >= 4 is 69.2 Å². The number of amides is 1. The second-order valence-corrected chi connectivity index (χ2v) is 7.42. The van der Waals surface area contributed by atoms with E-state index in [2.05, 4.69) is 20.6 Å². The number of carbonyl (C=O) groups is 1. The fraction of sp³-hybridized carbons (Fsp3) is 0.0500. The van der Waals surface area contributed by atoms with E-state index in [-0.39, 0.29) is 5.91 Å². The summed E-state index contributed by atoms with van der Waals surface area (Å²) in [6.45, 7) is 0. The third kappa shape index (κ3) is 4.00. The Morgan fingerprint density at radius 1 is 0.966 bits per heavy atom. The number of anilines is 3. The van der Waals surface area contributed by atoms with Gasteiger partial charge < -0.3 is 15.2 Å². The Labute approximate surface area is 181 Å². The van der Waals surface area contributed by atoms with E-state index in [4.69, 9.17) is 34.8 Å². The van der Waals surface area contributed by atoms with Gasteiger partial charge in [0.2, 0.25) is 5.95 Å². The first-order chi connectivity index (χ1) is 13.9. The van der Waals surface area contributed by atoms with Crippen LogP contribution in [0.25, 0.3) is 11.0 Å². The maximum Gasteiger partial charge on any atom is 0.256 e. The molecule has 2 heterocycles. The van der Waals surface area contributed by atoms with E-state index in [1.807, 2.05) is 17.7 Å². The number of hydrogen-bond acceptors (Lipinski definition) is 4. The van der Waals surface area contributed by atoms with Crippen LogP contribution in [0.3, 0.4) is 0 Å². The van der Waals surface area contributed by atoms with Gasteiger partial charge in [-0.1, -0.05) is 46.9 Å². The number of aryl methyl sites for hydroxylation is 1. The van der Waals surface area contributed by atoms with Crippen molar-refractivity contribution in [1.82, 2.24) is 14.5 Å². The van der Waals surface area contributed by atoms with Crippen LogP contribution in [0.15, 0.2) is 54.6 Å². The topological polar surface area (TPSA) is 71.8 Å². The Hall–Kier alpha value is -2.80. The highest BCUT2D eigenvalue weighted by Gasteiger charge is 2.14. The normalized spacial score (nSPS) is 10.9. The lowest BCUT2D eigenvalue weighted by molar-refractivity contribution is 0.102. The van der Waals surface area contributed by atoms with Gasteiger partial charge in [0, 0.05) is 12.6 Å². The quantitative estimate of drug-likeness (QED) is 0.381. The maximum atomic E-state index is 12.6. The summed E-state index contributed by atoms with van der Waals surface area (Å²) < 4.78 is 1.86. The molecule has 0 aliphatic heterocycles. The molecule has 6 nitrogen and oxygen atoms in total. The van der Waals surface area contributed by atoms with Gasteiger partial charge >= 0.3 is 0 Å². The van der Waals surface area contributed by atoms with Crippen LogP contribution in [0.1, 0.15) is 10.4 Å². The second-order valence-electron chi connectivity index (χ2n) is 6.22. The number of para-hydroxylation sites is 1. The first-order valence-corrected chi connectivity index (χ1v) is 9.67. The molecule has 9 heteroatoms. The van der Waals surface area contributed by atoms with Crippen LogP contribution in [0, 0.1) is 0 Å². The zero-order valence-electron chi connectivity index (χ0n) is 15.1. The number of halogens is 3. The van der Waals surface area contributed by atoms with E-state index in [1.54, 1.807) is 48.5 Å². The van der Waals surface area contributed by atoms with Gasteiger partial charge in [0.25, 0.3) is 5.91 Å². The van der Waals surface area contributed by atoms with Gasteiger partial charge in [-0.2, -0.15) is 0 Å². The molecule has 4 rings (SSSR count). The minimum Gasteiger partial charge on any atom is -0.323 e. The van der Waals surface area contributed by atoms with Crippen LogP contribution in [-0.2, 0) is 7.05 Å². The third-order valence-electron chi connectivity index (χ3n) is 4.30. The van der Waals surface area contributed by atoms with E-state index in [0.717, 1.165) is 5.52 Å². The van der Waals surface area contributed by atoms with Crippen molar-refractivity contribution in [3.63, 3.8) is 0 Å². The summed E-state index contributed by atoms with van der Waals surface area (Å²) in [6.07, 6.45) is 0. The Morgan fingerprint density at radius 2 is 1.69 bits per heavy atom. The van der Waals surface area contributed by atoms with Gasteiger partial charge in [-0.25, -0.2) is 9.97 Å². The van der Waals surface area contributed by atoms with Crippen molar-refractivity contribution in [3.8, 4) is 0 Å². The minimum absolute atomic E-state index is 0.303. The molecule has 4 aromatic rings. The lowest BCUT2D eigenvalue weighted by Gasteiger charge is -2.09. The molecular weight excluding hydrogens is 433 g/mol. The maximum absolute atomic E-state index is 12.6. The Balaban J connectivity index is 1.64. The molecule has 0 fully saturated rings. The summed E-state index contributed by atoms with van der Waals surface area (Å²) in [5.41, 5.74) is 2.50. The molecule has 0 saturated carbocycles. The average molecular weight is 447 g/mol. The van der Waals surface area contributed by atoms with Crippen LogP contribution in [0.2, 0.25) is 15.2 Å². The molecule has 0 unspecified atom stereocenters. The molecule has 0 bridgehead atoms. The summed E-state index contributed by atoms with van der Waals surface area (Å²) in [6, 6.07) is 15.5. The van der Waals surface area contributed by atoms with Crippen LogP contribution >= 0.6 is 34.8 Å². The molecule has 0 saturated heterocycles. The van der Waals surface area contributed by atoms with Crippen molar-refractivity contribution in [2.45, 2.75) is 0 Å². The first kappa shape index (κ1) is 19.5. The molecule has 29 heavy (non-hydrogen) atoms. The number of aromatic nitrogens is 3. The van der Waals surface area contributed by atoms with Crippen LogP contribution in [-0.4, -0.2) is 20.4 Å². The standard InChI is InChI=1S/C20H14Cl3N5O/c1-28-15-9-8-11(19(29)26-17-7-3-6-16(23)25-17)10-14(15)24-20(28)27-18-12(21)4-2-5-13(18)22/h2-10H,1H3,(H,24,27)(H,25,26,29). The molecule has 2 aromatic carbocycles. The monoisotopic (exact) mass is 445 g/mol. The summed E-state index contributed by atoms with van der Waals surface area (Å²) in [5, 5.41) is 7.15. The molecule has 2 N–H and O–H groups in total. The first-order valence-electron chi connectivity index (χ1n) is 8.54. The summed E-state index contributed by atoms with van der Waals surface area (Å²) in [5.74, 6) is 0.611. The minimum atomic E-state index is -0.309. The van der Waals surface area contributed by atoms with Gasteiger partial charge in [0.05, 0.1) is 26.8 Å². The fourth-order valence-corrected chi connectivity index (χ4v) is 3.50. The highest BCUT2D eigenvalue weighted by atomic mass is 35.5. The molecule has 2 aromatic heterocycles. The SMILES string of the molecule is Cn1c(Nc2c(Cl)cccc2Cl)nc2cc(C(=O)Nc3cccc(Cl)n3)ccc21. The zero-order valence-corrected chi connectivity index (χ0v) is 17.3. The number of hydrogen-bond donors (Lipinski definition) is 2. The summed E-state index contributed by atoms with van der Waals surface area (Å²) in [4.78, 5) is 21.2. The number of fused-ring (bicyclic) bond motifs is 1. The van der Waals surface area contributed by atoms with Gasteiger partial charge in [-0.3, -0.25) is 4.79 Å². The molecule has 0 radical (unpaired) electrons. The number of pyridine rings is 1.